The molecule has 1 atom stereocenters. The van der Waals surface area contributed by atoms with Gasteiger partial charge in [-0.05, 0) is 37.0 Å². The Hall–Kier alpha value is -1.26. The number of rotatable bonds is 5. The molecule has 2 rings (SSSR count). The zero-order valence-corrected chi connectivity index (χ0v) is 11.1. The Bertz CT molecular complexity index is 495. The number of hydrogen-bond acceptors (Lipinski definition) is 3. The average Bonchev–Trinajstić information content (AvgIpc) is 2.77. The van der Waals surface area contributed by atoms with Gasteiger partial charge in [0.2, 0.25) is 0 Å². The molecule has 1 aromatic heterocycles. The molecule has 2 aromatic rings. The van der Waals surface area contributed by atoms with E-state index in [9.17, 15) is 9.50 Å². The van der Waals surface area contributed by atoms with Crippen molar-refractivity contribution < 1.29 is 9.50 Å². The fourth-order valence-corrected chi connectivity index (χ4v) is 2.79. The van der Waals surface area contributed by atoms with Crippen molar-refractivity contribution in [2.24, 2.45) is 5.92 Å². The van der Waals surface area contributed by atoms with Crippen molar-refractivity contribution in [3.05, 3.63) is 51.7 Å². The summed E-state index contributed by atoms with van der Waals surface area (Å²) in [6.45, 7) is 2.09. The molecule has 1 heterocycles. The molecule has 0 amide bonds. The van der Waals surface area contributed by atoms with E-state index < -0.39 is 0 Å². The molecule has 1 unspecified atom stereocenters. The molecular weight excluding hydrogens is 249 g/mol. The van der Waals surface area contributed by atoms with Crippen LogP contribution in [0, 0.1) is 18.7 Å². The van der Waals surface area contributed by atoms with Gasteiger partial charge in [0.25, 0.3) is 0 Å². The fourth-order valence-electron chi connectivity index (χ4n) is 1.90. The third kappa shape index (κ3) is 3.62. The molecule has 4 heteroatoms. The molecule has 0 radical (unpaired) electrons. The van der Waals surface area contributed by atoms with Crippen LogP contribution in [-0.4, -0.2) is 16.7 Å². The minimum atomic E-state index is -0.227. The zero-order chi connectivity index (χ0) is 13.0. The maximum absolute atomic E-state index is 12.8. The van der Waals surface area contributed by atoms with E-state index in [2.05, 4.69) is 4.98 Å². The summed E-state index contributed by atoms with van der Waals surface area (Å²) in [6.07, 6.45) is 1.52. The fraction of sp³-hybridized carbons (Fsp3) is 0.357. The van der Waals surface area contributed by atoms with Crippen LogP contribution < -0.4 is 0 Å². The predicted molar refractivity (Wildman–Crippen MR) is 71.2 cm³/mol. The van der Waals surface area contributed by atoms with Gasteiger partial charge in [0.1, 0.15) is 5.82 Å². The van der Waals surface area contributed by atoms with E-state index in [0.29, 0.717) is 0 Å². The largest absolute Gasteiger partial charge is 0.396 e. The highest BCUT2D eigenvalue weighted by molar-refractivity contribution is 7.09. The number of halogens is 1. The number of nitrogens with zero attached hydrogens (tertiary/aromatic N) is 1. The smallest absolute Gasteiger partial charge is 0.123 e. The van der Waals surface area contributed by atoms with Crippen molar-refractivity contribution >= 4 is 11.3 Å². The molecule has 1 aromatic carbocycles. The molecule has 0 aliphatic heterocycles. The first-order valence-corrected chi connectivity index (χ1v) is 6.81. The Morgan fingerprint density at radius 1 is 1.28 bits per heavy atom. The quantitative estimate of drug-likeness (QED) is 0.901. The number of hydrogen-bond donors (Lipinski definition) is 1. The van der Waals surface area contributed by atoms with E-state index in [-0.39, 0.29) is 18.3 Å². The maximum atomic E-state index is 12.8. The van der Waals surface area contributed by atoms with Crippen LogP contribution in [0.3, 0.4) is 0 Å². The van der Waals surface area contributed by atoms with Crippen molar-refractivity contribution in [2.75, 3.05) is 6.61 Å². The maximum Gasteiger partial charge on any atom is 0.123 e. The Balaban J connectivity index is 1.99. The molecule has 18 heavy (non-hydrogen) atoms. The minimum Gasteiger partial charge on any atom is -0.396 e. The van der Waals surface area contributed by atoms with Gasteiger partial charge in [-0.1, -0.05) is 12.1 Å². The molecule has 0 spiro atoms. The first-order chi connectivity index (χ1) is 8.67. The van der Waals surface area contributed by atoms with Gasteiger partial charge in [0.05, 0.1) is 5.01 Å². The molecule has 0 saturated carbocycles. The highest BCUT2D eigenvalue weighted by Crippen LogP contribution is 2.17. The first-order valence-electron chi connectivity index (χ1n) is 5.93. The molecule has 1 N–H and O–H groups in total. The van der Waals surface area contributed by atoms with E-state index in [4.69, 9.17) is 0 Å². The van der Waals surface area contributed by atoms with Crippen molar-refractivity contribution in [2.45, 2.75) is 19.8 Å². The topological polar surface area (TPSA) is 33.1 Å². The van der Waals surface area contributed by atoms with E-state index in [1.165, 1.54) is 12.1 Å². The number of aliphatic hydroxyl groups is 1. The van der Waals surface area contributed by atoms with Crippen molar-refractivity contribution in [1.29, 1.82) is 0 Å². The summed E-state index contributed by atoms with van der Waals surface area (Å²) in [7, 11) is 0. The van der Waals surface area contributed by atoms with Crippen LogP contribution in [0.2, 0.25) is 0 Å². The molecule has 0 aliphatic rings. The Morgan fingerprint density at radius 3 is 2.56 bits per heavy atom. The van der Waals surface area contributed by atoms with Gasteiger partial charge in [0, 0.05) is 24.1 Å². The van der Waals surface area contributed by atoms with Crippen molar-refractivity contribution in [3.8, 4) is 0 Å². The summed E-state index contributed by atoms with van der Waals surface area (Å²) in [4.78, 5) is 4.40. The van der Waals surface area contributed by atoms with Gasteiger partial charge in [-0.25, -0.2) is 9.37 Å². The van der Waals surface area contributed by atoms with Gasteiger partial charge in [-0.2, -0.15) is 0 Å². The van der Waals surface area contributed by atoms with Gasteiger partial charge in [-0.3, -0.25) is 0 Å². The highest BCUT2D eigenvalue weighted by atomic mass is 32.1. The highest BCUT2D eigenvalue weighted by Gasteiger charge is 2.12. The Kier molecular flexibility index (Phi) is 4.44. The number of aliphatic hydroxyl groups excluding tert-OH is 1. The number of aromatic nitrogens is 1. The Morgan fingerprint density at radius 2 is 2.00 bits per heavy atom. The third-order valence-electron chi connectivity index (χ3n) is 2.83. The van der Waals surface area contributed by atoms with E-state index in [0.717, 1.165) is 29.1 Å². The van der Waals surface area contributed by atoms with Crippen LogP contribution in [0.1, 0.15) is 16.3 Å². The predicted octanol–water partition coefficient (Wildman–Crippen LogP) is 2.98. The van der Waals surface area contributed by atoms with E-state index in [1.54, 1.807) is 23.5 Å². The monoisotopic (exact) mass is 265 g/mol. The molecular formula is C14H16FNOS. The van der Waals surface area contributed by atoms with E-state index >= 15 is 0 Å². The molecule has 0 saturated heterocycles. The van der Waals surface area contributed by atoms with Crippen LogP contribution in [0.15, 0.2) is 29.6 Å². The van der Waals surface area contributed by atoms with Crippen molar-refractivity contribution in [1.82, 2.24) is 4.98 Å². The molecule has 0 bridgehead atoms. The lowest BCUT2D eigenvalue weighted by atomic mass is 9.97. The number of benzene rings is 1. The van der Waals surface area contributed by atoms with Crippen LogP contribution in [0.4, 0.5) is 4.39 Å². The van der Waals surface area contributed by atoms with Gasteiger partial charge in [-0.15, -0.1) is 11.3 Å². The van der Waals surface area contributed by atoms with Crippen LogP contribution in [0.25, 0.3) is 0 Å². The lowest BCUT2D eigenvalue weighted by molar-refractivity contribution is 0.225. The molecule has 2 nitrogen and oxygen atoms in total. The SMILES string of the molecule is Cc1csc(CC(CO)Cc2ccc(F)cc2)n1. The average molecular weight is 265 g/mol. The van der Waals surface area contributed by atoms with Gasteiger partial charge in [0.15, 0.2) is 0 Å². The summed E-state index contributed by atoms with van der Waals surface area (Å²) in [5, 5.41) is 12.5. The summed E-state index contributed by atoms with van der Waals surface area (Å²) in [6, 6.07) is 6.45. The molecule has 0 aliphatic carbocycles. The Labute approximate surface area is 110 Å². The summed E-state index contributed by atoms with van der Waals surface area (Å²) in [5.41, 5.74) is 2.07. The van der Waals surface area contributed by atoms with Crippen LogP contribution in [-0.2, 0) is 12.8 Å². The van der Waals surface area contributed by atoms with Gasteiger partial charge >= 0.3 is 0 Å². The molecule has 96 valence electrons. The zero-order valence-electron chi connectivity index (χ0n) is 10.3. The second-order valence-corrected chi connectivity index (χ2v) is 5.41. The summed E-state index contributed by atoms with van der Waals surface area (Å²) < 4.78 is 12.8. The summed E-state index contributed by atoms with van der Waals surface area (Å²) in [5.74, 6) is -0.0872. The standard InChI is InChI=1S/C14H16FNOS/c1-10-9-18-14(16-10)7-12(8-17)6-11-2-4-13(15)5-3-11/h2-5,9,12,17H,6-8H2,1H3. The second-order valence-electron chi connectivity index (χ2n) is 4.47. The minimum absolute atomic E-state index is 0.121. The number of thiazole rings is 1. The lowest BCUT2D eigenvalue weighted by Crippen LogP contribution is -2.12. The van der Waals surface area contributed by atoms with Crippen LogP contribution in [0.5, 0.6) is 0 Å². The summed E-state index contributed by atoms with van der Waals surface area (Å²) >= 11 is 1.62. The van der Waals surface area contributed by atoms with Gasteiger partial charge < -0.3 is 5.11 Å². The number of aryl methyl sites for hydroxylation is 1. The third-order valence-corrected chi connectivity index (χ3v) is 3.81. The second kappa shape index (κ2) is 6.07. The lowest BCUT2D eigenvalue weighted by Gasteiger charge is -2.12. The first kappa shape index (κ1) is 13.2. The van der Waals surface area contributed by atoms with Crippen molar-refractivity contribution in [3.63, 3.8) is 0 Å². The normalized spacial score (nSPS) is 12.6. The van der Waals surface area contributed by atoms with Crippen LogP contribution >= 0.6 is 11.3 Å². The van der Waals surface area contributed by atoms with E-state index in [1.807, 2.05) is 12.3 Å². The molecule has 0 fully saturated rings.